The number of nitrogens with zero attached hydrogens (tertiary/aromatic N) is 1. The van der Waals surface area contributed by atoms with Crippen LogP contribution in [0, 0.1) is 17.8 Å². The number of aliphatic hydroxyl groups excluding tert-OH is 1. The minimum atomic E-state index is -1.23. The highest BCUT2D eigenvalue weighted by molar-refractivity contribution is 6.33. The van der Waals surface area contributed by atoms with Crippen LogP contribution in [0.1, 0.15) is 45.2 Å². The summed E-state index contributed by atoms with van der Waals surface area (Å²) in [6.45, 7) is 5.93. The third kappa shape index (κ3) is 3.92. The molecular weight excluding hydrogens is 506 g/mol. The lowest BCUT2D eigenvalue weighted by molar-refractivity contribution is -0.149. The van der Waals surface area contributed by atoms with Crippen LogP contribution in [0.3, 0.4) is 0 Å². The zero-order valence-corrected chi connectivity index (χ0v) is 22.6. The minimum Gasteiger partial charge on any atom is -0.394 e. The van der Waals surface area contributed by atoms with Crippen molar-refractivity contribution >= 4 is 35.0 Å². The predicted octanol–water partition coefficient (Wildman–Crippen LogP) is 3.55. The molecule has 3 N–H and O–H groups in total. The van der Waals surface area contributed by atoms with Gasteiger partial charge in [-0.3, -0.25) is 14.4 Å². The fraction of sp³-hybridized carbons (Fsp3) is 0.483. The summed E-state index contributed by atoms with van der Waals surface area (Å²) in [4.78, 5) is 43.5. The van der Waals surface area contributed by atoms with Crippen molar-refractivity contribution in [2.45, 2.75) is 56.9 Å². The zero-order valence-electron chi connectivity index (χ0n) is 21.8. The molecule has 38 heavy (non-hydrogen) atoms. The highest BCUT2D eigenvalue weighted by Gasteiger charge is 2.80. The maximum atomic E-state index is 14.4. The van der Waals surface area contributed by atoms with Gasteiger partial charge in [0, 0.05) is 6.54 Å². The van der Waals surface area contributed by atoms with E-state index in [0.717, 1.165) is 6.42 Å². The topological polar surface area (TPSA) is 108 Å². The first kappa shape index (κ1) is 26.7. The summed E-state index contributed by atoms with van der Waals surface area (Å²) >= 11 is 6.35. The normalized spacial score (nSPS) is 32.2. The van der Waals surface area contributed by atoms with Crippen molar-refractivity contribution in [1.82, 2.24) is 10.2 Å². The average Bonchev–Trinajstić information content (AvgIpc) is 3.42. The van der Waals surface area contributed by atoms with Crippen LogP contribution in [0.25, 0.3) is 0 Å². The van der Waals surface area contributed by atoms with Gasteiger partial charge in [0.15, 0.2) is 0 Å². The molecule has 3 saturated heterocycles. The molecule has 2 aromatic carbocycles. The van der Waals surface area contributed by atoms with E-state index in [4.69, 9.17) is 16.3 Å². The molecule has 3 fully saturated rings. The Hall–Kier alpha value is -2.94. The first-order valence-electron chi connectivity index (χ1n) is 13.2. The van der Waals surface area contributed by atoms with Crippen molar-refractivity contribution in [3.8, 4) is 0 Å². The number of likely N-dealkylation sites (tertiary alicyclic amines) is 1. The SMILES string of the molecule is CCCNC(=O)[C@H]1[C@H]2C(=O)N([C@H](CO)c3ccccc3)C(C(=O)Nc3ccccc3Cl)C23CC(C)[C@]1(C)O3. The summed E-state index contributed by atoms with van der Waals surface area (Å²) in [7, 11) is 0. The van der Waals surface area contributed by atoms with Gasteiger partial charge >= 0.3 is 0 Å². The Labute approximate surface area is 227 Å². The Morgan fingerprint density at radius 2 is 1.84 bits per heavy atom. The molecule has 2 bridgehead atoms. The van der Waals surface area contributed by atoms with Crippen LogP contribution in [0.5, 0.6) is 0 Å². The van der Waals surface area contributed by atoms with Crippen LogP contribution < -0.4 is 10.6 Å². The molecule has 7 atom stereocenters. The second-order valence-electron chi connectivity index (χ2n) is 10.8. The molecule has 8 nitrogen and oxygen atoms in total. The minimum absolute atomic E-state index is 0.0798. The molecule has 9 heteroatoms. The molecule has 3 aliphatic rings. The molecule has 3 amide bonds. The van der Waals surface area contributed by atoms with Crippen molar-refractivity contribution in [3.63, 3.8) is 0 Å². The molecule has 3 heterocycles. The van der Waals surface area contributed by atoms with Crippen molar-refractivity contribution in [3.05, 3.63) is 65.2 Å². The second kappa shape index (κ2) is 9.98. The van der Waals surface area contributed by atoms with Crippen molar-refractivity contribution in [2.24, 2.45) is 17.8 Å². The number of benzene rings is 2. The van der Waals surface area contributed by atoms with E-state index in [1.165, 1.54) is 4.90 Å². The molecule has 3 aliphatic heterocycles. The number of nitrogens with one attached hydrogen (secondary N) is 2. The van der Waals surface area contributed by atoms with Gasteiger partial charge < -0.3 is 25.4 Å². The number of hydrogen-bond donors (Lipinski definition) is 3. The third-order valence-corrected chi connectivity index (χ3v) is 8.99. The summed E-state index contributed by atoms with van der Waals surface area (Å²) in [6.07, 6.45) is 1.19. The summed E-state index contributed by atoms with van der Waals surface area (Å²) in [6, 6.07) is 14.1. The predicted molar refractivity (Wildman–Crippen MR) is 143 cm³/mol. The maximum absolute atomic E-state index is 14.4. The van der Waals surface area contributed by atoms with E-state index in [1.54, 1.807) is 24.3 Å². The molecule has 1 spiro atoms. The van der Waals surface area contributed by atoms with Gasteiger partial charge in [-0.15, -0.1) is 0 Å². The Morgan fingerprint density at radius 3 is 2.50 bits per heavy atom. The lowest BCUT2D eigenvalue weighted by Gasteiger charge is -2.37. The number of ether oxygens (including phenoxy) is 1. The van der Waals surface area contributed by atoms with Crippen LogP contribution in [-0.2, 0) is 19.1 Å². The summed E-state index contributed by atoms with van der Waals surface area (Å²) < 4.78 is 6.73. The van der Waals surface area contributed by atoms with Crippen molar-refractivity contribution < 1.29 is 24.2 Å². The maximum Gasteiger partial charge on any atom is 0.250 e. The average molecular weight is 540 g/mol. The van der Waals surface area contributed by atoms with Crippen LogP contribution in [0.4, 0.5) is 5.69 Å². The molecule has 202 valence electrons. The number of halogens is 1. The standard InChI is InChI=1S/C29H34ClN3O5/c1-4-14-31-25(35)22-23-27(37)33(21(16-34)18-10-6-5-7-11-18)24(29(23)15-17(2)28(22,3)38-29)26(36)32-20-13-9-8-12-19(20)30/h5-13,17,21-24,34H,4,14-16H2,1-3H3,(H,31,35)(H,32,36)/t17?,21-,22-,23+,24?,28+,29?/m1/s1. The number of anilines is 1. The fourth-order valence-corrected chi connectivity index (χ4v) is 7.05. The van der Waals surface area contributed by atoms with E-state index >= 15 is 0 Å². The van der Waals surface area contributed by atoms with Gasteiger partial charge in [0.1, 0.15) is 11.6 Å². The number of fused-ring (bicyclic) bond motifs is 1. The molecule has 5 rings (SSSR count). The van der Waals surface area contributed by atoms with Crippen LogP contribution >= 0.6 is 11.6 Å². The first-order valence-corrected chi connectivity index (χ1v) is 13.6. The number of amides is 3. The van der Waals surface area contributed by atoms with E-state index in [2.05, 4.69) is 10.6 Å². The summed E-state index contributed by atoms with van der Waals surface area (Å²) in [5.74, 6) is -2.77. The van der Waals surface area contributed by atoms with Gasteiger partial charge in [-0.05, 0) is 43.4 Å². The van der Waals surface area contributed by atoms with Crippen LogP contribution in [0.15, 0.2) is 54.6 Å². The third-order valence-electron chi connectivity index (χ3n) is 8.66. The lowest BCUT2D eigenvalue weighted by atomic mass is 9.62. The zero-order chi connectivity index (χ0) is 27.2. The van der Waals surface area contributed by atoms with Gasteiger partial charge in [-0.1, -0.05) is 67.9 Å². The van der Waals surface area contributed by atoms with E-state index < -0.39 is 47.6 Å². The quantitative estimate of drug-likeness (QED) is 0.475. The number of carbonyl (C=O) groups excluding carboxylic acids is 3. The molecule has 3 unspecified atom stereocenters. The van der Waals surface area contributed by atoms with Crippen LogP contribution in [-0.4, -0.2) is 58.1 Å². The Kier molecular flexibility index (Phi) is 7.00. The monoisotopic (exact) mass is 539 g/mol. The number of carbonyl (C=O) groups is 3. The highest BCUT2D eigenvalue weighted by Crippen LogP contribution is 2.66. The highest BCUT2D eigenvalue weighted by atomic mass is 35.5. The van der Waals surface area contributed by atoms with Gasteiger partial charge in [-0.25, -0.2) is 0 Å². The Balaban J connectivity index is 1.63. The summed E-state index contributed by atoms with van der Waals surface area (Å²) in [5, 5.41) is 16.8. The number of hydrogen-bond acceptors (Lipinski definition) is 5. The molecule has 0 aliphatic carbocycles. The van der Waals surface area contributed by atoms with E-state index in [9.17, 15) is 19.5 Å². The van der Waals surface area contributed by atoms with Crippen molar-refractivity contribution in [2.75, 3.05) is 18.5 Å². The van der Waals surface area contributed by atoms with E-state index in [0.29, 0.717) is 29.2 Å². The number of aliphatic hydroxyl groups is 1. The largest absolute Gasteiger partial charge is 0.394 e. The van der Waals surface area contributed by atoms with Gasteiger partial charge in [-0.2, -0.15) is 0 Å². The summed E-state index contributed by atoms with van der Waals surface area (Å²) in [5.41, 5.74) is -1.03. The van der Waals surface area contributed by atoms with Crippen LogP contribution in [0.2, 0.25) is 5.02 Å². The number of rotatable bonds is 8. The first-order chi connectivity index (χ1) is 18.2. The van der Waals surface area contributed by atoms with E-state index in [1.807, 2.05) is 51.1 Å². The van der Waals surface area contributed by atoms with E-state index in [-0.39, 0.29) is 17.7 Å². The van der Waals surface area contributed by atoms with Gasteiger partial charge in [0.25, 0.3) is 0 Å². The molecule has 0 radical (unpaired) electrons. The molecule has 0 aromatic heterocycles. The lowest BCUT2D eigenvalue weighted by Crippen LogP contribution is -2.55. The Morgan fingerprint density at radius 1 is 1.16 bits per heavy atom. The Bertz CT molecular complexity index is 1240. The van der Waals surface area contributed by atoms with Gasteiger partial charge in [0.05, 0.1) is 40.8 Å². The smallest absolute Gasteiger partial charge is 0.250 e. The number of para-hydroxylation sites is 1. The molecule has 0 saturated carbocycles. The fourth-order valence-electron chi connectivity index (χ4n) is 6.86. The molecular formula is C29H34ClN3O5. The van der Waals surface area contributed by atoms with Crippen molar-refractivity contribution in [1.29, 1.82) is 0 Å². The second-order valence-corrected chi connectivity index (χ2v) is 11.2. The molecule has 2 aromatic rings. The van der Waals surface area contributed by atoms with Gasteiger partial charge in [0.2, 0.25) is 17.7 Å².